The Morgan fingerprint density at radius 1 is 1.06 bits per heavy atom. The summed E-state index contributed by atoms with van der Waals surface area (Å²) in [6.45, 7) is 4.91. The number of hydrogen-bond acceptors (Lipinski definition) is 6. The normalized spacial score (nSPS) is 12.0. The van der Waals surface area contributed by atoms with Gasteiger partial charge in [0.1, 0.15) is 11.4 Å². The fourth-order valence-electron chi connectivity index (χ4n) is 3.11. The van der Waals surface area contributed by atoms with Crippen molar-refractivity contribution < 1.29 is 32.5 Å². The van der Waals surface area contributed by atoms with Crippen molar-refractivity contribution in [3.8, 4) is 16.9 Å². The van der Waals surface area contributed by atoms with Crippen molar-refractivity contribution in [1.29, 1.82) is 0 Å². The Bertz CT molecular complexity index is 1110. The first-order valence-electron chi connectivity index (χ1n) is 9.66. The van der Waals surface area contributed by atoms with Crippen LogP contribution in [0, 0.1) is 0 Å². The average molecular weight is 449 g/mol. The maximum Gasteiger partial charge on any atom is 0.573 e. The topological polar surface area (TPSA) is 93.6 Å². The molecule has 0 atom stereocenters. The van der Waals surface area contributed by atoms with E-state index < -0.39 is 18.1 Å². The van der Waals surface area contributed by atoms with Gasteiger partial charge in [0.2, 0.25) is 0 Å². The zero-order chi connectivity index (χ0) is 23.5. The number of aliphatic hydroxyl groups excluding tert-OH is 1. The zero-order valence-corrected chi connectivity index (χ0v) is 17.7. The van der Waals surface area contributed by atoms with E-state index in [1.807, 2.05) is 0 Å². The van der Waals surface area contributed by atoms with Crippen LogP contribution in [0.3, 0.4) is 0 Å². The highest BCUT2D eigenvalue weighted by atomic mass is 19.4. The predicted molar refractivity (Wildman–Crippen MR) is 111 cm³/mol. The van der Waals surface area contributed by atoms with Gasteiger partial charge in [-0.3, -0.25) is 9.97 Å². The first-order chi connectivity index (χ1) is 15.0. The van der Waals surface area contributed by atoms with Gasteiger partial charge in [0, 0.05) is 30.1 Å². The summed E-state index contributed by atoms with van der Waals surface area (Å²) in [6.07, 6.45) is -2.47. The minimum absolute atomic E-state index is 0.0413. The van der Waals surface area contributed by atoms with E-state index >= 15 is 0 Å². The van der Waals surface area contributed by atoms with E-state index in [2.05, 4.69) is 20.0 Å². The largest absolute Gasteiger partial charge is 0.573 e. The lowest BCUT2D eigenvalue weighted by molar-refractivity contribution is -0.274. The van der Waals surface area contributed by atoms with E-state index in [9.17, 15) is 23.1 Å². The smallest absolute Gasteiger partial charge is 0.444 e. The second-order valence-electron chi connectivity index (χ2n) is 7.90. The van der Waals surface area contributed by atoms with Gasteiger partial charge in [-0.05, 0) is 50.1 Å². The summed E-state index contributed by atoms with van der Waals surface area (Å²) < 4.78 is 46.5. The first-order valence-corrected chi connectivity index (χ1v) is 9.66. The molecule has 2 aromatic carbocycles. The summed E-state index contributed by atoms with van der Waals surface area (Å²) >= 11 is 0. The van der Waals surface area contributed by atoms with Crippen molar-refractivity contribution in [3.05, 3.63) is 53.9 Å². The Hall–Kier alpha value is -3.40. The highest BCUT2D eigenvalue weighted by molar-refractivity contribution is 5.94. The van der Waals surface area contributed by atoms with Gasteiger partial charge in [-0.2, -0.15) is 0 Å². The monoisotopic (exact) mass is 449 g/mol. The van der Waals surface area contributed by atoms with Gasteiger partial charge < -0.3 is 19.9 Å². The van der Waals surface area contributed by atoms with E-state index in [1.165, 1.54) is 36.7 Å². The third-order valence-corrected chi connectivity index (χ3v) is 4.32. The molecule has 0 unspecified atom stereocenters. The number of amides is 1. The van der Waals surface area contributed by atoms with Crippen molar-refractivity contribution in [2.75, 3.05) is 0 Å². The summed E-state index contributed by atoms with van der Waals surface area (Å²) in [5, 5.41) is 12.6. The number of halogens is 3. The van der Waals surface area contributed by atoms with Gasteiger partial charge in [0.05, 0.1) is 17.6 Å². The van der Waals surface area contributed by atoms with E-state index in [1.54, 1.807) is 26.8 Å². The average Bonchev–Trinajstić information content (AvgIpc) is 2.69. The number of nitrogens with one attached hydrogen (secondary N) is 1. The summed E-state index contributed by atoms with van der Waals surface area (Å²) in [5.74, 6) is -0.351. The number of benzene rings is 2. The van der Waals surface area contributed by atoms with Crippen LogP contribution < -0.4 is 10.1 Å². The third-order valence-electron chi connectivity index (χ3n) is 4.32. The molecule has 0 bridgehead atoms. The predicted octanol–water partition coefficient (Wildman–Crippen LogP) is 4.71. The molecule has 10 heteroatoms. The molecule has 0 aliphatic heterocycles. The highest BCUT2D eigenvalue weighted by Gasteiger charge is 2.31. The van der Waals surface area contributed by atoms with Crippen LogP contribution in [0.5, 0.6) is 5.75 Å². The lowest BCUT2D eigenvalue weighted by Gasteiger charge is -2.20. The molecule has 32 heavy (non-hydrogen) atoms. The number of rotatable bonds is 5. The number of aromatic nitrogens is 2. The molecule has 3 rings (SSSR count). The van der Waals surface area contributed by atoms with Crippen molar-refractivity contribution in [2.24, 2.45) is 0 Å². The fourth-order valence-corrected chi connectivity index (χ4v) is 3.11. The lowest BCUT2D eigenvalue weighted by Crippen LogP contribution is -2.32. The number of carbonyl (C=O) groups is 1. The van der Waals surface area contributed by atoms with E-state index in [-0.39, 0.29) is 18.9 Å². The van der Waals surface area contributed by atoms with Crippen LogP contribution in [0.4, 0.5) is 18.0 Å². The quantitative estimate of drug-likeness (QED) is 0.586. The van der Waals surface area contributed by atoms with E-state index in [4.69, 9.17) is 4.74 Å². The standard InChI is InChI=1S/C22H22F3N3O4/c1-21(2,3)32-20(30)28-11-14-10-16(18-19(17(14)12-29)27-9-8-26-18)13-4-6-15(7-5-13)31-22(23,24)25/h4-10,29H,11-12H2,1-3H3,(H,28,30). The molecule has 0 radical (unpaired) electrons. The van der Waals surface area contributed by atoms with Crippen LogP contribution in [-0.2, 0) is 17.9 Å². The summed E-state index contributed by atoms with van der Waals surface area (Å²) in [4.78, 5) is 20.7. The van der Waals surface area contributed by atoms with Crippen LogP contribution in [0.25, 0.3) is 22.2 Å². The fraction of sp³-hybridized carbons (Fsp3) is 0.318. The number of hydrogen-bond donors (Lipinski definition) is 2. The molecule has 2 N–H and O–H groups in total. The lowest BCUT2D eigenvalue weighted by atomic mass is 9.96. The second-order valence-corrected chi connectivity index (χ2v) is 7.90. The summed E-state index contributed by atoms with van der Waals surface area (Å²) in [6, 6.07) is 7.04. The number of aliphatic hydroxyl groups is 1. The molecular weight excluding hydrogens is 427 g/mol. The summed E-state index contributed by atoms with van der Waals surface area (Å²) in [7, 11) is 0. The molecule has 1 amide bonds. The molecule has 0 aliphatic carbocycles. The van der Waals surface area contributed by atoms with E-state index in [0.29, 0.717) is 33.3 Å². The number of fused-ring (bicyclic) bond motifs is 1. The molecule has 3 aromatic rings. The van der Waals surface area contributed by atoms with Crippen LogP contribution in [-0.4, -0.2) is 33.1 Å². The molecule has 1 heterocycles. The maximum atomic E-state index is 12.5. The van der Waals surface area contributed by atoms with Crippen LogP contribution >= 0.6 is 0 Å². The van der Waals surface area contributed by atoms with E-state index in [0.717, 1.165) is 0 Å². The van der Waals surface area contributed by atoms with Crippen LogP contribution in [0.2, 0.25) is 0 Å². The number of ether oxygens (including phenoxy) is 2. The van der Waals surface area contributed by atoms with Gasteiger partial charge in [-0.15, -0.1) is 13.2 Å². The number of alkyl halides is 3. The first kappa shape index (κ1) is 23.3. The van der Waals surface area contributed by atoms with Gasteiger partial charge in [-0.1, -0.05) is 12.1 Å². The molecule has 170 valence electrons. The molecule has 0 saturated heterocycles. The Morgan fingerprint density at radius 2 is 1.69 bits per heavy atom. The Balaban J connectivity index is 2.00. The Kier molecular flexibility index (Phi) is 6.54. The second kappa shape index (κ2) is 8.99. The number of alkyl carbamates (subject to hydrolysis) is 1. The number of nitrogens with zero attached hydrogens (tertiary/aromatic N) is 2. The summed E-state index contributed by atoms with van der Waals surface area (Å²) in [5.41, 5.74) is 2.38. The molecule has 0 spiro atoms. The van der Waals surface area contributed by atoms with Crippen molar-refractivity contribution in [1.82, 2.24) is 15.3 Å². The molecule has 1 aromatic heterocycles. The van der Waals surface area contributed by atoms with Crippen molar-refractivity contribution in [3.63, 3.8) is 0 Å². The minimum Gasteiger partial charge on any atom is -0.444 e. The Labute approximate surface area is 182 Å². The minimum atomic E-state index is -4.79. The van der Waals surface area contributed by atoms with Gasteiger partial charge in [-0.25, -0.2) is 4.79 Å². The molecule has 0 saturated carbocycles. The number of carbonyl (C=O) groups excluding carboxylic acids is 1. The van der Waals surface area contributed by atoms with Gasteiger partial charge in [0.25, 0.3) is 0 Å². The van der Waals surface area contributed by atoms with Crippen molar-refractivity contribution in [2.45, 2.75) is 45.9 Å². The highest BCUT2D eigenvalue weighted by Crippen LogP contribution is 2.33. The third kappa shape index (κ3) is 5.85. The molecular formula is C22H22F3N3O4. The molecule has 0 aliphatic rings. The van der Waals surface area contributed by atoms with Gasteiger partial charge in [0.15, 0.2) is 0 Å². The van der Waals surface area contributed by atoms with Crippen LogP contribution in [0.1, 0.15) is 31.9 Å². The zero-order valence-electron chi connectivity index (χ0n) is 17.7. The Morgan fingerprint density at radius 3 is 2.25 bits per heavy atom. The maximum absolute atomic E-state index is 12.5. The molecule has 7 nitrogen and oxygen atoms in total. The van der Waals surface area contributed by atoms with Gasteiger partial charge >= 0.3 is 12.5 Å². The van der Waals surface area contributed by atoms with Crippen LogP contribution in [0.15, 0.2) is 42.7 Å². The molecule has 0 fully saturated rings. The van der Waals surface area contributed by atoms with Crippen molar-refractivity contribution >= 4 is 17.1 Å². The SMILES string of the molecule is CC(C)(C)OC(=O)NCc1cc(-c2ccc(OC(F)(F)F)cc2)c2nccnc2c1CO.